The molecule has 3 aromatic rings. The van der Waals surface area contributed by atoms with Crippen LogP contribution in [0, 0.1) is 0 Å². The highest BCUT2D eigenvalue weighted by Crippen LogP contribution is 2.28. The van der Waals surface area contributed by atoms with E-state index in [9.17, 15) is 13.2 Å². The molecule has 6 nitrogen and oxygen atoms in total. The van der Waals surface area contributed by atoms with Crippen molar-refractivity contribution < 1.29 is 17.9 Å². The van der Waals surface area contributed by atoms with Crippen LogP contribution in [0.4, 0.5) is 11.4 Å². The number of carbonyl (C=O) groups excluding carboxylic acids is 1. The van der Waals surface area contributed by atoms with E-state index in [2.05, 4.69) is 5.32 Å². The van der Waals surface area contributed by atoms with Gasteiger partial charge in [0, 0.05) is 7.05 Å². The Labute approximate surface area is 170 Å². The fourth-order valence-corrected chi connectivity index (χ4v) is 4.10. The van der Waals surface area contributed by atoms with Crippen LogP contribution in [-0.2, 0) is 10.0 Å². The number of rotatable bonds is 7. The first-order valence-electron chi connectivity index (χ1n) is 9.11. The van der Waals surface area contributed by atoms with Crippen LogP contribution in [0.25, 0.3) is 0 Å². The van der Waals surface area contributed by atoms with Gasteiger partial charge in [-0.1, -0.05) is 42.5 Å². The number of para-hydroxylation sites is 3. The van der Waals surface area contributed by atoms with E-state index in [1.807, 2.05) is 13.0 Å². The van der Waals surface area contributed by atoms with Crippen molar-refractivity contribution in [1.29, 1.82) is 0 Å². The van der Waals surface area contributed by atoms with Gasteiger partial charge in [0.05, 0.1) is 28.4 Å². The Morgan fingerprint density at radius 2 is 1.55 bits per heavy atom. The van der Waals surface area contributed by atoms with Crippen molar-refractivity contribution in [3.05, 3.63) is 84.4 Å². The van der Waals surface area contributed by atoms with Gasteiger partial charge in [-0.2, -0.15) is 0 Å². The maximum atomic E-state index is 13.0. The van der Waals surface area contributed by atoms with Crippen molar-refractivity contribution in [2.24, 2.45) is 0 Å². The minimum absolute atomic E-state index is 0.152. The molecule has 0 aliphatic carbocycles. The number of hydrogen-bond acceptors (Lipinski definition) is 4. The lowest BCUT2D eigenvalue weighted by Gasteiger charge is -2.22. The molecule has 0 spiro atoms. The molecule has 0 unspecified atom stereocenters. The summed E-state index contributed by atoms with van der Waals surface area (Å²) in [5.74, 6) is 0.119. The monoisotopic (exact) mass is 410 g/mol. The lowest BCUT2D eigenvalue weighted by atomic mass is 10.1. The zero-order valence-corrected chi connectivity index (χ0v) is 17.0. The summed E-state index contributed by atoms with van der Waals surface area (Å²) >= 11 is 0. The summed E-state index contributed by atoms with van der Waals surface area (Å²) in [6.45, 7) is 2.32. The third-order valence-electron chi connectivity index (χ3n) is 4.32. The summed E-state index contributed by atoms with van der Waals surface area (Å²) in [7, 11) is -2.38. The molecule has 29 heavy (non-hydrogen) atoms. The Bertz CT molecular complexity index is 1100. The minimum atomic E-state index is -3.81. The predicted molar refractivity (Wildman–Crippen MR) is 114 cm³/mol. The van der Waals surface area contributed by atoms with Crippen LogP contribution in [0.1, 0.15) is 17.3 Å². The Hall–Kier alpha value is -3.32. The zero-order chi connectivity index (χ0) is 20.9. The maximum Gasteiger partial charge on any atom is 0.264 e. The first-order valence-corrected chi connectivity index (χ1v) is 10.6. The molecule has 0 fully saturated rings. The van der Waals surface area contributed by atoms with E-state index in [1.54, 1.807) is 60.7 Å². The molecule has 0 saturated carbocycles. The van der Waals surface area contributed by atoms with Gasteiger partial charge in [0.25, 0.3) is 15.9 Å². The van der Waals surface area contributed by atoms with Crippen LogP contribution in [0.5, 0.6) is 5.75 Å². The summed E-state index contributed by atoms with van der Waals surface area (Å²) in [6.07, 6.45) is 0. The molecule has 0 bridgehead atoms. The van der Waals surface area contributed by atoms with Crippen molar-refractivity contribution in [2.75, 3.05) is 23.3 Å². The van der Waals surface area contributed by atoms with Gasteiger partial charge in [0.15, 0.2) is 0 Å². The van der Waals surface area contributed by atoms with Crippen LogP contribution >= 0.6 is 0 Å². The molecule has 0 radical (unpaired) electrons. The number of ether oxygens (including phenoxy) is 1. The number of benzene rings is 3. The van der Waals surface area contributed by atoms with Crippen LogP contribution in [-0.4, -0.2) is 28.0 Å². The highest BCUT2D eigenvalue weighted by atomic mass is 32.2. The molecule has 7 heteroatoms. The molecule has 0 aromatic heterocycles. The van der Waals surface area contributed by atoms with Crippen molar-refractivity contribution in [2.45, 2.75) is 11.8 Å². The molecule has 0 heterocycles. The lowest BCUT2D eigenvalue weighted by Crippen LogP contribution is -2.29. The third-order valence-corrected chi connectivity index (χ3v) is 6.11. The Kier molecular flexibility index (Phi) is 6.19. The summed E-state index contributed by atoms with van der Waals surface area (Å²) in [5.41, 5.74) is 1.03. The van der Waals surface area contributed by atoms with Crippen LogP contribution < -0.4 is 14.4 Å². The van der Waals surface area contributed by atoms with Crippen molar-refractivity contribution in [1.82, 2.24) is 0 Å². The van der Waals surface area contributed by atoms with E-state index in [4.69, 9.17) is 4.74 Å². The van der Waals surface area contributed by atoms with E-state index in [1.165, 1.54) is 19.2 Å². The molecule has 0 aliphatic heterocycles. The lowest BCUT2D eigenvalue weighted by molar-refractivity contribution is 0.102. The second kappa shape index (κ2) is 8.79. The number of anilines is 2. The van der Waals surface area contributed by atoms with Gasteiger partial charge >= 0.3 is 0 Å². The summed E-state index contributed by atoms with van der Waals surface area (Å²) in [4.78, 5) is 13.1. The molecular weight excluding hydrogens is 388 g/mol. The molecule has 150 valence electrons. The molecule has 1 N–H and O–H groups in total. The summed E-state index contributed by atoms with van der Waals surface area (Å²) in [6, 6.07) is 21.8. The normalized spacial score (nSPS) is 11.0. The van der Waals surface area contributed by atoms with E-state index in [0.717, 1.165) is 4.31 Å². The van der Waals surface area contributed by atoms with Crippen LogP contribution in [0.2, 0.25) is 0 Å². The van der Waals surface area contributed by atoms with Gasteiger partial charge in [-0.3, -0.25) is 9.10 Å². The molecular formula is C22H22N2O4S. The van der Waals surface area contributed by atoms with Gasteiger partial charge in [0.2, 0.25) is 0 Å². The second-order valence-corrected chi connectivity index (χ2v) is 8.16. The Morgan fingerprint density at radius 1 is 0.931 bits per heavy atom. The van der Waals surface area contributed by atoms with Crippen LogP contribution in [0.3, 0.4) is 0 Å². The fraction of sp³-hybridized carbons (Fsp3) is 0.136. The SMILES string of the molecule is CCOc1ccccc1NC(=O)c1ccccc1N(C)S(=O)(=O)c1ccccc1. The van der Waals surface area contributed by atoms with E-state index in [0.29, 0.717) is 18.0 Å². The highest BCUT2D eigenvalue weighted by Gasteiger charge is 2.25. The first-order chi connectivity index (χ1) is 13.9. The molecule has 1 amide bonds. The highest BCUT2D eigenvalue weighted by molar-refractivity contribution is 7.92. The topological polar surface area (TPSA) is 75.7 Å². The molecule has 3 rings (SSSR count). The number of amides is 1. The average molecular weight is 410 g/mol. The number of sulfonamides is 1. The molecule has 0 aliphatic rings. The Balaban J connectivity index is 1.94. The number of carbonyl (C=O) groups is 1. The van der Waals surface area contributed by atoms with Crippen LogP contribution in [0.15, 0.2) is 83.8 Å². The van der Waals surface area contributed by atoms with Gasteiger partial charge in [-0.25, -0.2) is 8.42 Å². The van der Waals surface area contributed by atoms with Gasteiger partial charge in [-0.05, 0) is 43.3 Å². The summed E-state index contributed by atoms with van der Waals surface area (Å²) in [5, 5.41) is 2.81. The Morgan fingerprint density at radius 3 is 2.28 bits per heavy atom. The van der Waals surface area contributed by atoms with Gasteiger partial charge in [-0.15, -0.1) is 0 Å². The second-order valence-electron chi connectivity index (χ2n) is 6.19. The number of nitrogens with zero attached hydrogens (tertiary/aromatic N) is 1. The van der Waals surface area contributed by atoms with E-state index >= 15 is 0 Å². The van der Waals surface area contributed by atoms with E-state index < -0.39 is 15.9 Å². The third kappa shape index (κ3) is 4.41. The number of hydrogen-bond donors (Lipinski definition) is 1. The molecule has 0 atom stereocenters. The van der Waals surface area contributed by atoms with Crippen molar-refractivity contribution in [3.63, 3.8) is 0 Å². The van der Waals surface area contributed by atoms with Crippen molar-refractivity contribution >= 4 is 27.3 Å². The first kappa shape index (κ1) is 20.4. The smallest absolute Gasteiger partial charge is 0.264 e. The summed E-state index contributed by atoms with van der Waals surface area (Å²) < 4.78 is 32.6. The number of nitrogens with one attached hydrogen (secondary N) is 1. The quantitative estimate of drug-likeness (QED) is 0.635. The van der Waals surface area contributed by atoms with Crippen molar-refractivity contribution in [3.8, 4) is 5.75 Å². The largest absolute Gasteiger partial charge is 0.492 e. The predicted octanol–water partition coefficient (Wildman–Crippen LogP) is 4.16. The molecule has 0 saturated heterocycles. The van der Waals surface area contributed by atoms with E-state index in [-0.39, 0.29) is 16.1 Å². The van der Waals surface area contributed by atoms with Gasteiger partial charge in [0.1, 0.15) is 5.75 Å². The zero-order valence-electron chi connectivity index (χ0n) is 16.2. The minimum Gasteiger partial charge on any atom is -0.492 e. The average Bonchev–Trinajstić information content (AvgIpc) is 2.75. The molecule has 3 aromatic carbocycles. The standard InChI is InChI=1S/C22H22N2O4S/c1-3-28-21-16-10-8-14-19(21)23-22(25)18-13-7-9-15-20(18)24(2)29(26,27)17-11-5-4-6-12-17/h4-16H,3H2,1-2H3,(H,23,25). The van der Waals surface area contributed by atoms with Gasteiger partial charge < -0.3 is 10.1 Å². The fourth-order valence-electron chi connectivity index (χ4n) is 2.86. The maximum absolute atomic E-state index is 13.0.